The zero-order chi connectivity index (χ0) is 12.3. The van der Waals surface area contributed by atoms with Crippen LogP contribution < -0.4 is 0 Å². The molecular weight excluding hydrogens is 284 g/mol. The van der Waals surface area contributed by atoms with Crippen molar-refractivity contribution in [2.75, 3.05) is 0 Å². The molecule has 16 heavy (non-hydrogen) atoms. The highest BCUT2D eigenvalue weighted by molar-refractivity contribution is 9.10. The molecule has 0 amide bonds. The number of nitriles is 1. The molecule has 1 aromatic carbocycles. The number of aliphatic carboxylic acids is 1. The number of benzene rings is 1. The largest absolute Gasteiger partial charge is 0.481 e. The minimum atomic E-state index is -2.76. The fraction of sp³-hybridized carbons (Fsp3) is 0.200. The van der Waals surface area contributed by atoms with E-state index < -0.39 is 18.0 Å². The molecule has 0 unspecified atom stereocenters. The number of carboxylic acids is 1. The molecule has 0 bridgehead atoms. The first-order valence-electron chi connectivity index (χ1n) is 4.18. The number of hydrogen-bond donors (Lipinski definition) is 1. The summed E-state index contributed by atoms with van der Waals surface area (Å²) in [5.74, 6) is -1.09. The molecule has 0 aliphatic heterocycles. The highest BCUT2D eigenvalue weighted by Gasteiger charge is 2.16. The lowest BCUT2D eigenvalue weighted by Gasteiger charge is -2.07. The molecule has 6 heteroatoms. The number of halogens is 3. The van der Waals surface area contributed by atoms with Crippen LogP contribution in [-0.4, -0.2) is 11.1 Å². The Morgan fingerprint density at radius 2 is 2.19 bits per heavy atom. The first-order chi connectivity index (χ1) is 7.45. The predicted octanol–water partition coefficient (Wildman–Crippen LogP) is 2.89. The maximum atomic E-state index is 12.5. The Labute approximate surface area is 98.4 Å². The Kier molecular flexibility index (Phi) is 3.96. The van der Waals surface area contributed by atoms with Crippen molar-refractivity contribution in [1.82, 2.24) is 0 Å². The van der Waals surface area contributed by atoms with E-state index in [1.807, 2.05) is 0 Å². The number of nitrogens with zero attached hydrogens (tertiary/aromatic N) is 1. The van der Waals surface area contributed by atoms with Crippen LogP contribution in [0.5, 0.6) is 0 Å². The Hall–Kier alpha value is -1.48. The fourth-order valence-electron chi connectivity index (χ4n) is 1.21. The summed E-state index contributed by atoms with van der Waals surface area (Å²) < 4.78 is 25.3. The van der Waals surface area contributed by atoms with Crippen LogP contribution in [0.1, 0.15) is 23.1 Å². The van der Waals surface area contributed by atoms with Crippen LogP contribution in [0.15, 0.2) is 16.6 Å². The summed E-state index contributed by atoms with van der Waals surface area (Å²) in [6.45, 7) is 0. The molecule has 0 fully saturated rings. The molecule has 0 aromatic heterocycles. The van der Waals surface area contributed by atoms with E-state index in [1.165, 1.54) is 6.07 Å². The van der Waals surface area contributed by atoms with Gasteiger partial charge in [0.25, 0.3) is 6.43 Å². The van der Waals surface area contributed by atoms with Gasteiger partial charge in [-0.3, -0.25) is 4.79 Å². The van der Waals surface area contributed by atoms with Crippen molar-refractivity contribution < 1.29 is 18.7 Å². The first-order valence-corrected chi connectivity index (χ1v) is 4.97. The highest BCUT2D eigenvalue weighted by Crippen LogP contribution is 2.29. The van der Waals surface area contributed by atoms with E-state index in [4.69, 9.17) is 10.4 Å². The maximum Gasteiger partial charge on any atom is 0.307 e. The molecule has 84 valence electrons. The van der Waals surface area contributed by atoms with Gasteiger partial charge in [-0.25, -0.2) is 8.78 Å². The van der Waals surface area contributed by atoms with E-state index in [1.54, 1.807) is 6.07 Å². The predicted molar refractivity (Wildman–Crippen MR) is 55.2 cm³/mol. The Morgan fingerprint density at radius 3 is 2.62 bits per heavy atom. The van der Waals surface area contributed by atoms with Crippen molar-refractivity contribution in [2.45, 2.75) is 12.8 Å². The zero-order valence-corrected chi connectivity index (χ0v) is 9.46. The third-order valence-corrected chi connectivity index (χ3v) is 2.65. The number of carbonyl (C=O) groups is 1. The smallest absolute Gasteiger partial charge is 0.307 e. The van der Waals surface area contributed by atoms with Crippen molar-refractivity contribution in [3.8, 4) is 6.07 Å². The lowest BCUT2D eigenvalue weighted by atomic mass is 10.0. The standard InChI is InChI=1S/C10H6BrF2NO2/c11-8-3-7(10(12)13)6(4-14)1-5(8)2-9(15)16/h1,3,10H,2H2,(H,15,16). The van der Waals surface area contributed by atoms with Crippen molar-refractivity contribution in [2.24, 2.45) is 0 Å². The van der Waals surface area contributed by atoms with Gasteiger partial charge in [0.1, 0.15) is 0 Å². The average molecular weight is 290 g/mol. The zero-order valence-electron chi connectivity index (χ0n) is 7.88. The minimum absolute atomic E-state index is 0.200. The number of rotatable bonds is 3. The fourth-order valence-corrected chi connectivity index (χ4v) is 1.71. The SMILES string of the molecule is N#Cc1cc(CC(=O)O)c(Br)cc1C(F)F. The number of alkyl halides is 2. The van der Waals surface area contributed by atoms with E-state index in [0.717, 1.165) is 6.07 Å². The van der Waals surface area contributed by atoms with Gasteiger partial charge in [0.15, 0.2) is 0 Å². The Bertz CT molecular complexity index is 469. The van der Waals surface area contributed by atoms with Crippen LogP contribution in [0.25, 0.3) is 0 Å². The van der Waals surface area contributed by atoms with Gasteiger partial charge >= 0.3 is 5.97 Å². The second-order valence-corrected chi connectivity index (χ2v) is 3.87. The second-order valence-electron chi connectivity index (χ2n) is 3.01. The van der Waals surface area contributed by atoms with E-state index in [-0.39, 0.29) is 16.5 Å². The molecule has 1 rings (SSSR count). The summed E-state index contributed by atoms with van der Waals surface area (Å²) in [7, 11) is 0. The minimum Gasteiger partial charge on any atom is -0.481 e. The summed E-state index contributed by atoms with van der Waals surface area (Å²) in [5.41, 5.74) is -0.300. The molecule has 1 aromatic rings. The molecule has 1 N–H and O–H groups in total. The third-order valence-electron chi connectivity index (χ3n) is 1.92. The van der Waals surface area contributed by atoms with Gasteiger partial charge in [-0.1, -0.05) is 15.9 Å². The average Bonchev–Trinajstić information content (AvgIpc) is 2.19. The summed E-state index contributed by atoms with van der Waals surface area (Å²) in [6.07, 6.45) is -3.08. The van der Waals surface area contributed by atoms with Crippen LogP contribution >= 0.6 is 15.9 Å². The summed E-state index contributed by atoms with van der Waals surface area (Å²) in [6, 6.07) is 3.88. The molecule has 0 atom stereocenters. The molecule has 0 aliphatic carbocycles. The molecule has 0 heterocycles. The number of hydrogen-bond acceptors (Lipinski definition) is 2. The van der Waals surface area contributed by atoms with Gasteiger partial charge in [0.05, 0.1) is 18.1 Å². The summed E-state index contributed by atoms with van der Waals surface area (Å²) in [4.78, 5) is 10.5. The molecule has 0 spiro atoms. The first kappa shape index (κ1) is 12.6. The van der Waals surface area contributed by atoms with E-state index >= 15 is 0 Å². The van der Waals surface area contributed by atoms with Crippen molar-refractivity contribution in [3.63, 3.8) is 0 Å². The van der Waals surface area contributed by atoms with Crippen LogP contribution in [0.4, 0.5) is 8.78 Å². The molecule has 0 saturated heterocycles. The van der Waals surface area contributed by atoms with Crippen LogP contribution in [0.3, 0.4) is 0 Å². The molecule has 3 nitrogen and oxygen atoms in total. The normalized spacial score (nSPS) is 10.2. The molecule has 0 saturated carbocycles. The summed E-state index contributed by atoms with van der Waals surface area (Å²) in [5, 5.41) is 17.3. The molecule has 0 radical (unpaired) electrons. The van der Waals surface area contributed by atoms with Crippen molar-refractivity contribution in [3.05, 3.63) is 33.3 Å². The second kappa shape index (κ2) is 5.03. The van der Waals surface area contributed by atoms with Gasteiger partial charge < -0.3 is 5.11 Å². The highest BCUT2D eigenvalue weighted by atomic mass is 79.9. The Morgan fingerprint density at radius 1 is 1.56 bits per heavy atom. The van der Waals surface area contributed by atoms with Crippen molar-refractivity contribution >= 4 is 21.9 Å². The maximum absolute atomic E-state index is 12.5. The topological polar surface area (TPSA) is 61.1 Å². The quantitative estimate of drug-likeness (QED) is 0.931. The third kappa shape index (κ3) is 2.76. The van der Waals surface area contributed by atoms with Crippen LogP contribution in [-0.2, 0) is 11.2 Å². The van der Waals surface area contributed by atoms with Crippen molar-refractivity contribution in [1.29, 1.82) is 5.26 Å². The van der Waals surface area contributed by atoms with Gasteiger partial charge in [0, 0.05) is 10.0 Å². The summed E-state index contributed by atoms with van der Waals surface area (Å²) >= 11 is 3.00. The van der Waals surface area contributed by atoms with E-state index in [2.05, 4.69) is 15.9 Å². The van der Waals surface area contributed by atoms with Crippen LogP contribution in [0, 0.1) is 11.3 Å². The molecule has 0 aliphatic rings. The van der Waals surface area contributed by atoms with Crippen LogP contribution in [0.2, 0.25) is 0 Å². The molecular formula is C10H6BrF2NO2. The lowest BCUT2D eigenvalue weighted by molar-refractivity contribution is -0.136. The van der Waals surface area contributed by atoms with Gasteiger partial charge in [-0.2, -0.15) is 5.26 Å². The van der Waals surface area contributed by atoms with Gasteiger partial charge in [0.2, 0.25) is 0 Å². The lowest BCUT2D eigenvalue weighted by Crippen LogP contribution is -2.03. The van der Waals surface area contributed by atoms with E-state index in [0.29, 0.717) is 5.56 Å². The van der Waals surface area contributed by atoms with E-state index in [9.17, 15) is 13.6 Å². The number of carboxylic acid groups (broad SMARTS) is 1. The van der Waals surface area contributed by atoms with Gasteiger partial charge in [-0.05, 0) is 17.7 Å². The van der Waals surface area contributed by atoms with Gasteiger partial charge in [-0.15, -0.1) is 0 Å². The monoisotopic (exact) mass is 289 g/mol. The Balaban J connectivity index is 3.27.